The highest BCUT2D eigenvalue weighted by Crippen LogP contribution is 2.35. The van der Waals surface area contributed by atoms with Crippen LogP contribution in [0.1, 0.15) is 0 Å². The van der Waals surface area contributed by atoms with Crippen LogP contribution in [0.2, 0.25) is 0 Å². The smallest absolute Gasteiger partial charge is 0.0731 e. The van der Waals surface area contributed by atoms with Gasteiger partial charge in [-0.3, -0.25) is 9.97 Å². The number of hydrogen-bond acceptors (Lipinski definition) is 3. The first-order valence-electron chi connectivity index (χ1n) is 8.53. The van der Waals surface area contributed by atoms with E-state index in [0.29, 0.717) is 0 Å². The standard InChI is InChI=1S/C23H15N3/c1-2-8-19-16(5-1)9-10-21-23(19)20(17-6-3-11-24-14-17)13-22(26-21)18-7-4-12-25-15-18/h1-15H. The topological polar surface area (TPSA) is 38.7 Å². The molecule has 0 saturated heterocycles. The molecule has 3 aromatic heterocycles. The first kappa shape index (κ1) is 14.7. The summed E-state index contributed by atoms with van der Waals surface area (Å²) in [5.74, 6) is 0. The summed E-state index contributed by atoms with van der Waals surface area (Å²) in [6.07, 6.45) is 7.33. The number of aromatic nitrogens is 3. The van der Waals surface area contributed by atoms with Crippen molar-refractivity contribution < 1.29 is 0 Å². The molecule has 0 amide bonds. The Morgan fingerprint density at radius 3 is 2.19 bits per heavy atom. The van der Waals surface area contributed by atoms with Crippen LogP contribution in [-0.4, -0.2) is 15.0 Å². The van der Waals surface area contributed by atoms with Gasteiger partial charge in [-0.05, 0) is 46.7 Å². The molecule has 0 atom stereocenters. The molecule has 5 aromatic rings. The highest BCUT2D eigenvalue weighted by atomic mass is 14.7. The molecule has 0 spiro atoms. The SMILES string of the molecule is c1cncc(-c2cc(-c3cccnc3)c3c(ccc4ccccc43)n2)c1. The van der Waals surface area contributed by atoms with Crippen molar-refractivity contribution in [3.05, 3.63) is 91.5 Å². The van der Waals surface area contributed by atoms with Gasteiger partial charge in [-0.25, -0.2) is 4.98 Å². The van der Waals surface area contributed by atoms with Crippen LogP contribution < -0.4 is 0 Å². The van der Waals surface area contributed by atoms with Crippen LogP contribution >= 0.6 is 0 Å². The molecule has 122 valence electrons. The Kier molecular flexibility index (Phi) is 3.42. The van der Waals surface area contributed by atoms with Gasteiger partial charge in [0.2, 0.25) is 0 Å². The highest BCUT2D eigenvalue weighted by molar-refractivity contribution is 6.13. The molecule has 0 unspecified atom stereocenters. The van der Waals surface area contributed by atoms with Gasteiger partial charge in [-0.2, -0.15) is 0 Å². The Bertz CT molecular complexity index is 1220. The Hall–Kier alpha value is -3.59. The summed E-state index contributed by atoms with van der Waals surface area (Å²) in [5, 5.41) is 3.57. The molecule has 3 heterocycles. The van der Waals surface area contributed by atoms with Crippen LogP contribution in [0.25, 0.3) is 44.1 Å². The maximum atomic E-state index is 4.92. The van der Waals surface area contributed by atoms with Crippen LogP contribution in [-0.2, 0) is 0 Å². The summed E-state index contributed by atoms with van der Waals surface area (Å²) < 4.78 is 0. The van der Waals surface area contributed by atoms with E-state index in [1.807, 2.05) is 30.6 Å². The van der Waals surface area contributed by atoms with Crippen LogP contribution in [0.4, 0.5) is 0 Å². The monoisotopic (exact) mass is 333 g/mol. The van der Waals surface area contributed by atoms with Crippen molar-refractivity contribution in [2.45, 2.75) is 0 Å². The average Bonchev–Trinajstić information content (AvgIpc) is 2.74. The molecule has 5 rings (SSSR count). The summed E-state index contributed by atoms with van der Waals surface area (Å²) in [6.45, 7) is 0. The van der Waals surface area contributed by atoms with E-state index in [1.165, 1.54) is 10.8 Å². The van der Waals surface area contributed by atoms with Gasteiger partial charge in [0.15, 0.2) is 0 Å². The lowest BCUT2D eigenvalue weighted by molar-refractivity contribution is 1.30. The fourth-order valence-electron chi connectivity index (χ4n) is 3.42. The summed E-state index contributed by atoms with van der Waals surface area (Å²) in [5.41, 5.74) is 5.12. The zero-order valence-corrected chi connectivity index (χ0v) is 14.0. The van der Waals surface area contributed by atoms with Crippen molar-refractivity contribution >= 4 is 21.7 Å². The third kappa shape index (κ3) is 2.42. The van der Waals surface area contributed by atoms with Crippen LogP contribution in [0.15, 0.2) is 91.5 Å². The van der Waals surface area contributed by atoms with Gasteiger partial charge in [0, 0.05) is 41.3 Å². The van der Waals surface area contributed by atoms with E-state index >= 15 is 0 Å². The molecule has 0 fully saturated rings. The molecule has 0 radical (unpaired) electrons. The first-order valence-corrected chi connectivity index (χ1v) is 8.53. The number of hydrogen-bond donors (Lipinski definition) is 0. The van der Waals surface area contributed by atoms with Gasteiger partial charge in [0.25, 0.3) is 0 Å². The molecule has 3 heteroatoms. The van der Waals surface area contributed by atoms with Crippen molar-refractivity contribution in [1.29, 1.82) is 0 Å². The molecule has 0 saturated carbocycles. The number of fused-ring (bicyclic) bond motifs is 3. The zero-order valence-electron chi connectivity index (χ0n) is 14.0. The van der Waals surface area contributed by atoms with Gasteiger partial charge in [0.1, 0.15) is 0 Å². The fourth-order valence-corrected chi connectivity index (χ4v) is 3.42. The lowest BCUT2D eigenvalue weighted by atomic mass is 9.95. The van der Waals surface area contributed by atoms with E-state index in [9.17, 15) is 0 Å². The van der Waals surface area contributed by atoms with Gasteiger partial charge >= 0.3 is 0 Å². The molecule has 0 N–H and O–H groups in total. The number of nitrogens with zero attached hydrogens (tertiary/aromatic N) is 3. The second-order valence-corrected chi connectivity index (χ2v) is 6.22. The first-order chi connectivity index (χ1) is 12.9. The van der Waals surface area contributed by atoms with E-state index in [-0.39, 0.29) is 0 Å². The third-order valence-electron chi connectivity index (χ3n) is 4.63. The maximum absolute atomic E-state index is 4.92. The Labute approximate surface area is 151 Å². The van der Waals surface area contributed by atoms with Crippen LogP contribution in [0.3, 0.4) is 0 Å². The summed E-state index contributed by atoms with van der Waals surface area (Å²) >= 11 is 0. The van der Waals surface area contributed by atoms with Crippen molar-refractivity contribution in [3.63, 3.8) is 0 Å². The van der Waals surface area contributed by atoms with Gasteiger partial charge in [0.05, 0.1) is 11.2 Å². The predicted octanol–water partition coefficient (Wildman–Crippen LogP) is 5.51. The molecular formula is C23H15N3. The summed E-state index contributed by atoms with van der Waals surface area (Å²) in [7, 11) is 0. The molecule has 26 heavy (non-hydrogen) atoms. The third-order valence-corrected chi connectivity index (χ3v) is 4.63. The minimum absolute atomic E-state index is 0.916. The summed E-state index contributed by atoms with van der Waals surface area (Å²) in [6, 6.07) is 22.8. The lowest BCUT2D eigenvalue weighted by Gasteiger charge is -2.12. The molecule has 0 bridgehead atoms. The molecule has 0 aliphatic heterocycles. The molecule has 2 aromatic carbocycles. The van der Waals surface area contributed by atoms with Gasteiger partial charge < -0.3 is 0 Å². The average molecular weight is 333 g/mol. The fraction of sp³-hybridized carbons (Fsp3) is 0. The Morgan fingerprint density at radius 2 is 1.42 bits per heavy atom. The van der Waals surface area contributed by atoms with E-state index < -0.39 is 0 Å². The van der Waals surface area contributed by atoms with E-state index in [1.54, 1.807) is 12.4 Å². The van der Waals surface area contributed by atoms with Crippen molar-refractivity contribution in [3.8, 4) is 22.4 Å². The van der Waals surface area contributed by atoms with Crippen LogP contribution in [0, 0.1) is 0 Å². The summed E-state index contributed by atoms with van der Waals surface area (Å²) in [4.78, 5) is 13.5. The Balaban J connectivity index is 1.92. The van der Waals surface area contributed by atoms with Gasteiger partial charge in [-0.15, -0.1) is 0 Å². The Morgan fingerprint density at radius 1 is 0.654 bits per heavy atom. The molecular weight excluding hydrogens is 318 g/mol. The second kappa shape index (κ2) is 6.05. The van der Waals surface area contributed by atoms with Crippen molar-refractivity contribution in [2.75, 3.05) is 0 Å². The minimum Gasteiger partial charge on any atom is -0.264 e. The number of rotatable bonds is 2. The quantitative estimate of drug-likeness (QED) is 0.400. The second-order valence-electron chi connectivity index (χ2n) is 6.22. The van der Waals surface area contributed by atoms with Crippen molar-refractivity contribution in [2.24, 2.45) is 0 Å². The predicted molar refractivity (Wildman–Crippen MR) is 106 cm³/mol. The molecule has 0 aliphatic carbocycles. The minimum atomic E-state index is 0.916. The zero-order chi connectivity index (χ0) is 17.3. The largest absolute Gasteiger partial charge is 0.264 e. The highest BCUT2D eigenvalue weighted by Gasteiger charge is 2.12. The van der Waals surface area contributed by atoms with E-state index in [4.69, 9.17) is 4.98 Å². The molecule has 3 nitrogen and oxygen atoms in total. The maximum Gasteiger partial charge on any atom is 0.0731 e. The van der Waals surface area contributed by atoms with Gasteiger partial charge in [-0.1, -0.05) is 36.4 Å². The van der Waals surface area contributed by atoms with Crippen molar-refractivity contribution in [1.82, 2.24) is 15.0 Å². The van der Waals surface area contributed by atoms with Crippen LogP contribution in [0.5, 0.6) is 0 Å². The number of pyridine rings is 3. The number of benzene rings is 2. The lowest BCUT2D eigenvalue weighted by Crippen LogP contribution is -1.92. The normalized spacial score (nSPS) is 11.1. The van der Waals surface area contributed by atoms with E-state index in [0.717, 1.165) is 33.3 Å². The molecule has 0 aliphatic rings. The van der Waals surface area contributed by atoms with E-state index in [2.05, 4.69) is 58.5 Å².